The van der Waals surface area contributed by atoms with Crippen molar-refractivity contribution in [2.75, 3.05) is 10.6 Å². The van der Waals surface area contributed by atoms with Crippen molar-refractivity contribution in [1.82, 2.24) is 44.5 Å². The number of imide groups is 1. The summed E-state index contributed by atoms with van der Waals surface area (Å²) in [7, 11) is 0. The molecule has 0 radical (unpaired) electrons. The van der Waals surface area contributed by atoms with Gasteiger partial charge in [0.25, 0.3) is 5.91 Å². The topological polar surface area (TPSA) is 173 Å². The third-order valence-corrected chi connectivity index (χ3v) is 8.12. The molecule has 0 spiro atoms. The average molecular weight is 640 g/mol. The van der Waals surface area contributed by atoms with Crippen LogP contribution in [-0.4, -0.2) is 69.3 Å². The third kappa shape index (κ3) is 5.98. The van der Waals surface area contributed by atoms with Gasteiger partial charge < -0.3 is 10.6 Å². The summed E-state index contributed by atoms with van der Waals surface area (Å²) in [5.41, 5.74) is 6.14. The van der Waals surface area contributed by atoms with E-state index in [2.05, 4.69) is 41.1 Å². The molecule has 0 unspecified atom stereocenters. The molecule has 48 heavy (non-hydrogen) atoms. The van der Waals surface area contributed by atoms with E-state index in [0.717, 1.165) is 66.1 Å². The normalized spacial score (nSPS) is 16.5. The molecule has 1 aliphatic heterocycles. The Bertz CT molecular complexity index is 2220. The van der Waals surface area contributed by atoms with Gasteiger partial charge >= 0.3 is 0 Å². The van der Waals surface area contributed by atoms with Gasteiger partial charge in [0.2, 0.25) is 5.91 Å². The number of pyridine rings is 2. The lowest BCUT2D eigenvalue weighted by Crippen LogP contribution is -2.19. The van der Waals surface area contributed by atoms with Gasteiger partial charge in [-0.3, -0.25) is 29.7 Å². The molecule has 2 aliphatic carbocycles. The molecule has 2 amide bonds. The van der Waals surface area contributed by atoms with Crippen molar-refractivity contribution < 1.29 is 14.4 Å². The van der Waals surface area contributed by atoms with Gasteiger partial charge in [0.1, 0.15) is 11.6 Å². The number of hydrogen-bond donors (Lipinski definition) is 3. The molecule has 0 aromatic carbocycles. The van der Waals surface area contributed by atoms with Crippen molar-refractivity contribution in [2.45, 2.75) is 44.2 Å². The minimum absolute atomic E-state index is 0.0751. The molecule has 3 aliphatic rings. The van der Waals surface area contributed by atoms with Crippen LogP contribution in [0.25, 0.3) is 39.9 Å². The molecule has 7 heterocycles. The lowest BCUT2D eigenvalue weighted by Gasteiger charge is -2.10. The van der Waals surface area contributed by atoms with E-state index < -0.39 is 0 Å². The lowest BCUT2D eigenvalue weighted by atomic mass is 10.1. The van der Waals surface area contributed by atoms with Gasteiger partial charge in [0.15, 0.2) is 17.6 Å². The number of fused-ring (bicyclic) bond motifs is 2. The molecule has 9 rings (SSSR count). The fourth-order valence-corrected chi connectivity index (χ4v) is 5.36. The summed E-state index contributed by atoms with van der Waals surface area (Å²) >= 11 is 0. The summed E-state index contributed by atoms with van der Waals surface area (Å²) in [6.45, 7) is 0. The summed E-state index contributed by atoms with van der Waals surface area (Å²) in [5, 5.41) is 17.9. The van der Waals surface area contributed by atoms with Crippen molar-refractivity contribution in [3.8, 4) is 22.5 Å². The largest absolute Gasteiger partial charge is 0.367 e. The average Bonchev–Trinajstić information content (AvgIpc) is 4.00. The number of rotatable bonds is 8. The number of nitrogens with zero attached hydrogens (tertiary/aromatic N) is 8. The highest BCUT2D eigenvalue weighted by atomic mass is 16.2. The quantitative estimate of drug-likeness (QED) is 0.125. The Morgan fingerprint density at radius 2 is 1.29 bits per heavy atom. The van der Waals surface area contributed by atoms with Gasteiger partial charge in [-0.2, -0.15) is 19.2 Å². The van der Waals surface area contributed by atoms with Crippen LogP contribution in [0.3, 0.4) is 0 Å². The number of carbonyl (C=O) groups is 3. The Morgan fingerprint density at radius 3 is 1.75 bits per heavy atom. The first-order chi connectivity index (χ1) is 23.5. The first kappa shape index (κ1) is 29.1. The summed E-state index contributed by atoms with van der Waals surface area (Å²) in [4.78, 5) is 52.1. The van der Waals surface area contributed by atoms with E-state index in [0.29, 0.717) is 40.1 Å². The SMILES string of the molecule is O=C1C/C(=C\c2cnn3c(NC4CC4)cc(-c4cccnc4)nc23)C(=O)N1.O=Cc1cnn2c(NC3CC3)cc(-c3cccnc3)nc12. The van der Waals surface area contributed by atoms with Crippen LogP contribution in [0.1, 0.15) is 48.0 Å². The predicted molar refractivity (Wildman–Crippen MR) is 177 cm³/mol. The standard InChI is InChI=1S/C19H16N6O2.C15H13N5O/c26-17-7-12(19(27)24-17)6-13-10-21-25-16(22-14-3-4-14)8-15(23-18(13)25)11-2-1-5-20-9-11;21-9-11-8-17-20-14(18-12-3-4-12)6-13(19-15(11)20)10-2-1-5-16-7-10/h1-2,5-6,8-10,14,22H,3-4,7H2,(H,24,26,27);1-2,5-9,12,18H,3-4H2/b12-6+;. The number of nitrogens with one attached hydrogen (secondary N) is 3. The van der Waals surface area contributed by atoms with Gasteiger partial charge in [-0.15, -0.1) is 0 Å². The molecule has 238 valence electrons. The zero-order chi connectivity index (χ0) is 32.6. The van der Waals surface area contributed by atoms with Gasteiger partial charge in [0.05, 0.1) is 35.8 Å². The lowest BCUT2D eigenvalue weighted by molar-refractivity contribution is -0.124. The van der Waals surface area contributed by atoms with Crippen LogP contribution in [0.5, 0.6) is 0 Å². The fourth-order valence-electron chi connectivity index (χ4n) is 5.36. The Morgan fingerprint density at radius 1 is 0.750 bits per heavy atom. The first-order valence-corrected chi connectivity index (χ1v) is 15.6. The van der Waals surface area contributed by atoms with E-state index in [9.17, 15) is 14.4 Å². The van der Waals surface area contributed by atoms with E-state index in [1.165, 1.54) is 0 Å². The van der Waals surface area contributed by atoms with Gasteiger partial charge in [-0.25, -0.2) is 9.97 Å². The second-order valence-electron chi connectivity index (χ2n) is 11.9. The highest BCUT2D eigenvalue weighted by Crippen LogP contribution is 2.30. The monoisotopic (exact) mass is 639 g/mol. The zero-order valence-electron chi connectivity index (χ0n) is 25.6. The highest BCUT2D eigenvalue weighted by molar-refractivity contribution is 6.15. The smallest absolute Gasteiger partial charge is 0.254 e. The van der Waals surface area contributed by atoms with Crippen molar-refractivity contribution in [1.29, 1.82) is 0 Å². The Labute approximate surface area is 273 Å². The van der Waals surface area contributed by atoms with Gasteiger partial charge in [-0.1, -0.05) is 0 Å². The summed E-state index contributed by atoms with van der Waals surface area (Å²) in [6, 6.07) is 12.5. The second-order valence-corrected chi connectivity index (χ2v) is 11.9. The van der Waals surface area contributed by atoms with Crippen LogP contribution < -0.4 is 16.0 Å². The Balaban J connectivity index is 0.000000145. The molecular weight excluding hydrogens is 610 g/mol. The minimum atomic E-state index is -0.362. The number of anilines is 2. The molecular formula is C34H29N11O3. The molecule has 1 saturated heterocycles. The van der Waals surface area contributed by atoms with E-state index in [4.69, 9.17) is 4.98 Å². The van der Waals surface area contributed by atoms with E-state index >= 15 is 0 Å². The van der Waals surface area contributed by atoms with Crippen molar-refractivity contribution >= 4 is 47.1 Å². The van der Waals surface area contributed by atoms with Gasteiger partial charge in [-0.05, 0) is 56.0 Å². The van der Waals surface area contributed by atoms with Crippen LogP contribution in [0, 0.1) is 0 Å². The van der Waals surface area contributed by atoms with E-state index in [1.807, 2.05) is 36.4 Å². The van der Waals surface area contributed by atoms with E-state index in [1.54, 1.807) is 52.3 Å². The molecule has 14 nitrogen and oxygen atoms in total. The number of carbonyl (C=O) groups excluding carboxylic acids is 3. The summed E-state index contributed by atoms with van der Waals surface area (Å²) < 4.78 is 3.42. The molecule has 3 N–H and O–H groups in total. The predicted octanol–water partition coefficient (Wildman–Crippen LogP) is 3.97. The van der Waals surface area contributed by atoms with Crippen LogP contribution in [-0.2, 0) is 9.59 Å². The third-order valence-electron chi connectivity index (χ3n) is 8.12. The number of aromatic nitrogens is 8. The fraction of sp³-hybridized carbons (Fsp3) is 0.206. The van der Waals surface area contributed by atoms with Gasteiger partial charge in [0, 0.05) is 71.3 Å². The molecule has 3 fully saturated rings. The molecule has 6 aromatic rings. The Kier molecular flexibility index (Phi) is 7.36. The van der Waals surface area contributed by atoms with Crippen LogP contribution >= 0.6 is 0 Å². The maximum atomic E-state index is 11.9. The number of aldehydes is 1. The number of hydrogen-bond acceptors (Lipinski definition) is 11. The maximum Gasteiger partial charge on any atom is 0.254 e. The second kappa shape index (κ2) is 12.1. The maximum absolute atomic E-state index is 11.9. The van der Waals surface area contributed by atoms with E-state index in [-0.39, 0.29) is 18.2 Å². The molecule has 14 heteroatoms. The minimum Gasteiger partial charge on any atom is -0.367 e. The van der Waals surface area contributed by atoms with Crippen molar-refractivity contribution in [3.05, 3.63) is 90.3 Å². The molecule has 6 aromatic heterocycles. The molecule has 0 bridgehead atoms. The van der Waals surface area contributed by atoms with Crippen LogP contribution in [0.2, 0.25) is 0 Å². The zero-order valence-corrected chi connectivity index (χ0v) is 25.6. The van der Waals surface area contributed by atoms with Crippen molar-refractivity contribution in [3.63, 3.8) is 0 Å². The molecule has 0 atom stereocenters. The van der Waals surface area contributed by atoms with Crippen molar-refractivity contribution in [2.24, 2.45) is 0 Å². The van der Waals surface area contributed by atoms with Crippen LogP contribution in [0.4, 0.5) is 11.6 Å². The summed E-state index contributed by atoms with van der Waals surface area (Å²) in [6.07, 6.45) is 17.3. The Hall–Kier alpha value is -6.31. The highest BCUT2D eigenvalue weighted by Gasteiger charge is 2.26. The van der Waals surface area contributed by atoms with Crippen LogP contribution in [0.15, 0.2) is 79.2 Å². The summed E-state index contributed by atoms with van der Waals surface area (Å²) in [5.74, 6) is 1.05. The number of amides is 2. The first-order valence-electron chi connectivity index (χ1n) is 15.6. The molecule has 2 saturated carbocycles.